The van der Waals surface area contributed by atoms with Gasteiger partial charge in [0.1, 0.15) is 0 Å². The molecule has 0 spiro atoms. The van der Waals surface area contributed by atoms with Gasteiger partial charge in [0.05, 0.1) is 0 Å². The molecule has 1 atom stereocenters. The van der Waals surface area contributed by atoms with Gasteiger partial charge in [0.2, 0.25) is 5.91 Å². The molecule has 0 aromatic heterocycles. The van der Waals surface area contributed by atoms with Crippen LogP contribution < -0.4 is 0 Å². The highest BCUT2D eigenvalue weighted by Gasteiger charge is 2.10. The van der Waals surface area contributed by atoms with E-state index in [1.807, 2.05) is 11.9 Å². The molecule has 0 rings (SSSR count). The van der Waals surface area contributed by atoms with Crippen LogP contribution in [0.2, 0.25) is 0 Å². The second-order valence-corrected chi connectivity index (χ2v) is 5.55. The summed E-state index contributed by atoms with van der Waals surface area (Å²) in [7, 11) is 1.88. The van der Waals surface area contributed by atoms with E-state index in [-0.39, 0.29) is 5.91 Å². The van der Waals surface area contributed by atoms with Crippen molar-refractivity contribution >= 4 is 21.8 Å². The van der Waals surface area contributed by atoms with Crippen LogP contribution in [0.4, 0.5) is 0 Å². The molecule has 1 amide bonds. The fraction of sp³-hybridized carbons (Fsp3) is 0.900. The lowest BCUT2D eigenvalue weighted by Gasteiger charge is -2.18. The van der Waals surface area contributed by atoms with Crippen LogP contribution in [-0.4, -0.2) is 29.2 Å². The first-order valence-electron chi connectivity index (χ1n) is 4.81. The predicted octanol–water partition coefficient (Wildman–Crippen LogP) is 2.66. The third-order valence-electron chi connectivity index (χ3n) is 1.87. The third kappa shape index (κ3) is 7.05. The first-order valence-corrected chi connectivity index (χ1v) is 5.73. The molecule has 0 aromatic rings. The monoisotopic (exact) mass is 249 g/mol. The fourth-order valence-corrected chi connectivity index (χ4v) is 1.21. The van der Waals surface area contributed by atoms with E-state index in [0.29, 0.717) is 17.2 Å². The summed E-state index contributed by atoms with van der Waals surface area (Å²) < 4.78 is 0. The number of hydrogen-bond acceptors (Lipinski definition) is 1. The van der Waals surface area contributed by atoms with Gasteiger partial charge < -0.3 is 4.90 Å². The molecule has 0 N–H and O–H groups in total. The minimum Gasteiger partial charge on any atom is -0.346 e. The maximum Gasteiger partial charge on any atom is 0.222 e. The second kappa shape index (κ2) is 6.41. The summed E-state index contributed by atoms with van der Waals surface area (Å²) >= 11 is 3.46. The van der Waals surface area contributed by atoms with E-state index < -0.39 is 0 Å². The summed E-state index contributed by atoms with van der Waals surface area (Å²) in [6, 6.07) is 0. The summed E-state index contributed by atoms with van der Waals surface area (Å²) in [5.41, 5.74) is 0. The summed E-state index contributed by atoms with van der Waals surface area (Å²) in [6.45, 7) is 7.08. The summed E-state index contributed by atoms with van der Waals surface area (Å²) in [4.78, 5) is 13.8. The standard InChI is InChI=1S/C10H20BrNO/c1-8(2)7-10(13)12(4)6-5-9(3)11/h8-9H,5-7H2,1-4H3. The minimum absolute atomic E-state index is 0.253. The van der Waals surface area contributed by atoms with Gasteiger partial charge in [-0.2, -0.15) is 0 Å². The molecule has 0 heterocycles. The van der Waals surface area contributed by atoms with Gasteiger partial charge in [-0.3, -0.25) is 4.79 Å². The average Bonchev–Trinajstić information content (AvgIpc) is 1.98. The number of rotatable bonds is 5. The molecule has 78 valence electrons. The van der Waals surface area contributed by atoms with Crippen molar-refractivity contribution in [3.63, 3.8) is 0 Å². The number of carbonyl (C=O) groups excluding carboxylic acids is 1. The molecule has 0 aromatic carbocycles. The molecule has 0 fully saturated rings. The molecular formula is C10H20BrNO. The quantitative estimate of drug-likeness (QED) is 0.687. The zero-order valence-electron chi connectivity index (χ0n) is 9.01. The van der Waals surface area contributed by atoms with Crippen molar-refractivity contribution in [3.05, 3.63) is 0 Å². The van der Waals surface area contributed by atoms with Crippen LogP contribution in [0.5, 0.6) is 0 Å². The minimum atomic E-state index is 0.253. The molecule has 1 unspecified atom stereocenters. The number of halogens is 1. The molecule has 0 saturated heterocycles. The van der Waals surface area contributed by atoms with Gasteiger partial charge in [-0.05, 0) is 12.3 Å². The van der Waals surface area contributed by atoms with Crippen molar-refractivity contribution in [1.82, 2.24) is 4.90 Å². The first-order chi connectivity index (χ1) is 5.93. The molecule has 0 aliphatic carbocycles. The van der Waals surface area contributed by atoms with Crippen LogP contribution in [0.1, 0.15) is 33.6 Å². The van der Waals surface area contributed by atoms with Gasteiger partial charge in [0, 0.05) is 24.8 Å². The summed E-state index contributed by atoms with van der Waals surface area (Å²) in [5, 5.41) is 0. The Labute approximate surface area is 89.8 Å². The average molecular weight is 250 g/mol. The van der Waals surface area contributed by atoms with Crippen LogP contribution in [0, 0.1) is 5.92 Å². The third-order valence-corrected chi connectivity index (χ3v) is 2.33. The van der Waals surface area contributed by atoms with Crippen LogP contribution in [0.25, 0.3) is 0 Å². The molecule has 0 saturated carbocycles. The highest BCUT2D eigenvalue weighted by Crippen LogP contribution is 2.07. The van der Waals surface area contributed by atoms with E-state index >= 15 is 0 Å². The van der Waals surface area contributed by atoms with E-state index in [0.717, 1.165) is 13.0 Å². The maximum atomic E-state index is 11.5. The zero-order chi connectivity index (χ0) is 10.4. The van der Waals surface area contributed by atoms with Crippen molar-refractivity contribution in [2.75, 3.05) is 13.6 Å². The van der Waals surface area contributed by atoms with E-state index in [9.17, 15) is 4.79 Å². The Balaban J connectivity index is 3.69. The van der Waals surface area contributed by atoms with Crippen molar-refractivity contribution < 1.29 is 4.79 Å². The van der Waals surface area contributed by atoms with Gasteiger partial charge in [0.25, 0.3) is 0 Å². The normalized spacial score (nSPS) is 13.1. The lowest BCUT2D eigenvalue weighted by Crippen LogP contribution is -2.29. The van der Waals surface area contributed by atoms with E-state index in [1.165, 1.54) is 0 Å². The van der Waals surface area contributed by atoms with E-state index in [4.69, 9.17) is 0 Å². The van der Waals surface area contributed by atoms with Crippen molar-refractivity contribution in [2.24, 2.45) is 5.92 Å². The van der Waals surface area contributed by atoms with Gasteiger partial charge in [-0.25, -0.2) is 0 Å². The van der Waals surface area contributed by atoms with Crippen LogP contribution in [0.3, 0.4) is 0 Å². The SMILES string of the molecule is CC(C)CC(=O)N(C)CCC(C)Br. The molecular weight excluding hydrogens is 230 g/mol. The van der Waals surface area contributed by atoms with Crippen LogP contribution in [0.15, 0.2) is 0 Å². The molecule has 3 heteroatoms. The number of hydrogen-bond donors (Lipinski definition) is 0. The molecule has 0 radical (unpaired) electrons. The Morgan fingerprint density at radius 1 is 1.38 bits per heavy atom. The molecule has 0 aliphatic rings. The fourth-order valence-electron chi connectivity index (χ4n) is 1.00. The lowest BCUT2D eigenvalue weighted by molar-refractivity contribution is -0.130. The topological polar surface area (TPSA) is 20.3 Å². The Hall–Kier alpha value is -0.0500. The highest BCUT2D eigenvalue weighted by molar-refractivity contribution is 9.09. The van der Waals surface area contributed by atoms with Crippen LogP contribution in [-0.2, 0) is 4.79 Å². The largest absolute Gasteiger partial charge is 0.346 e. The number of amides is 1. The number of nitrogens with zero attached hydrogens (tertiary/aromatic N) is 1. The Bertz CT molecular complexity index is 157. The maximum absolute atomic E-state index is 11.5. The van der Waals surface area contributed by atoms with Gasteiger partial charge in [0.15, 0.2) is 0 Å². The first kappa shape index (κ1) is 12.9. The predicted molar refractivity (Wildman–Crippen MR) is 60.1 cm³/mol. The summed E-state index contributed by atoms with van der Waals surface area (Å²) in [6.07, 6.45) is 1.67. The zero-order valence-corrected chi connectivity index (χ0v) is 10.6. The second-order valence-electron chi connectivity index (χ2n) is 3.98. The molecule has 2 nitrogen and oxygen atoms in total. The van der Waals surface area contributed by atoms with E-state index in [1.54, 1.807) is 0 Å². The van der Waals surface area contributed by atoms with Crippen LogP contribution >= 0.6 is 15.9 Å². The number of alkyl halides is 1. The number of carbonyl (C=O) groups is 1. The van der Waals surface area contributed by atoms with E-state index in [2.05, 4.69) is 36.7 Å². The highest BCUT2D eigenvalue weighted by atomic mass is 79.9. The Morgan fingerprint density at radius 3 is 2.31 bits per heavy atom. The van der Waals surface area contributed by atoms with Crippen molar-refractivity contribution in [2.45, 2.75) is 38.4 Å². The van der Waals surface area contributed by atoms with Gasteiger partial charge in [-0.1, -0.05) is 36.7 Å². The smallest absolute Gasteiger partial charge is 0.222 e. The Kier molecular flexibility index (Phi) is 6.39. The van der Waals surface area contributed by atoms with Crippen molar-refractivity contribution in [1.29, 1.82) is 0 Å². The van der Waals surface area contributed by atoms with Gasteiger partial charge in [-0.15, -0.1) is 0 Å². The molecule has 0 bridgehead atoms. The Morgan fingerprint density at radius 2 is 1.92 bits per heavy atom. The molecule has 13 heavy (non-hydrogen) atoms. The van der Waals surface area contributed by atoms with Crippen molar-refractivity contribution in [3.8, 4) is 0 Å². The summed E-state index contributed by atoms with van der Waals surface area (Å²) in [5.74, 6) is 0.708. The molecule has 0 aliphatic heterocycles. The van der Waals surface area contributed by atoms with Gasteiger partial charge >= 0.3 is 0 Å². The lowest BCUT2D eigenvalue weighted by atomic mass is 10.1.